The number of nitrogens with zero attached hydrogens (tertiary/aromatic N) is 3. The Morgan fingerprint density at radius 2 is 1.76 bits per heavy atom. The van der Waals surface area contributed by atoms with Crippen LogP contribution in [0.2, 0.25) is 0 Å². The molecule has 1 aliphatic rings. The van der Waals surface area contributed by atoms with Crippen molar-refractivity contribution in [3.05, 3.63) is 36.0 Å². The third-order valence-corrected chi connectivity index (χ3v) is 4.41. The highest BCUT2D eigenvalue weighted by atomic mass is 16.1. The lowest BCUT2D eigenvalue weighted by molar-refractivity contribution is -0.114. The molecule has 2 aromatic rings. The maximum atomic E-state index is 11.1. The van der Waals surface area contributed by atoms with E-state index in [9.17, 15) is 4.79 Å². The molecule has 2 N–H and O–H groups in total. The quantitative estimate of drug-likeness (QED) is 0.888. The number of piperidine rings is 1. The van der Waals surface area contributed by atoms with E-state index in [1.165, 1.54) is 19.8 Å². The van der Waals surface area contributed by atoms with E-state index < -0.39 is 0 Å². The Balaban J connectivity index is 1.73. The van der Waals surface area contributed by atoms with Crippen LogP contribution in [0.4, 0.5) is 23.1 Å². The molecule has 1 amide bonds. The summed E-state index contributed by atoms with van der Waals surface area (Å²) in [6.45, 7) is 7.88. The Hall–Kier alpha value is -2.63. The molecule has 6 heteroatoms. The van der Waals surface area contributed by atoms with Crippen LogP contribution in [0, 0.1) is 12.8 Å². The summed E-state index contributed by atoms with van der Waals surface area (Å²) in [6, 6.07) is 9.55. The Kier molecular flexibility index (Phi) is 5.16. The van der Waals surface area contributed by atoms with Crippen molar-refractivity contribution in [1.29, 1.82) is 0 Å². The van der Waals surface area contributed by atoms with Crippen molar-refractivity contribution in [2.75, 3.05) is 28.6 Å². The van der Waals surface area contributed by atoms with Crippen molar-refractivity contribution in [1.82, 2.24) is 9.97 Å². The van der Waals surface area contributed by atoms with Crippen molar-refractivity contribution in [2.45, 2.75) is 33.6 Å². The summed E-state index contributed by atoms with van der Waals surface area (Å²) in [7, 11) is 0. The zero-order valence-corrected chi connectivity index (χ0v) is 15.0. The minimum absolute atomic E-state index is 0.0804. The van der Waals surface area contributed by atoms with Crippen LogP contribution in [-0.4, -0.2) is 29.0 Å². The topological polar surface area (TPSA) is 70.2 Å². The average molecular weight is 339 g/mol. The van der Waals surface area contributed by atoms with Crippen LogP contribution < -0.4 is 15.5 Å². The number of anilines is 4. The van der Waals surface area contributed by atoms with E-state index in [4.69, 9.17) is 0 Å². The second-order valence-corrected chi connectivity index (χ2v) is 6.74. The second-order valence-electron chi connectivity index (χ2n) is 6.74. The number of rotatable bonds is 4. The zero-order chi connectivity index (χ0) is 17.8. The molecule has 0 radical (unpaired) electrons. The van der Waals surface area contributed by atoms with Crippen molar-refractivity contribution < 1.29 is 4.79 Å². The van der Waals surface area contributed by atoms with Gasteiger partial charge in [0, 0.05) is 43.1 Å². The number of hydrogen-bond donors (Lipinski definition) is 2. The predicted molar refractivity (Wildman–Crippen MR) is 101 cm³/mol. The maximum absolute atomic E-state index is 11.1. The summed E-state index contributed by atoms with van der Waals surface area (Å²) >= 11 is 0. The predicted octanol–water partition coefficient (Wildman–Crippen LogP) is 3.72. The van der Waals surface area contributed by atoms with Gasteiger partial charge in [-0.1, -0.05) is 6.92 Å². The summed E-state index contributed by atoms with van der Waals surface area (Å²) in [5, 5.41) is 6.01. The molecule has 0 atom stereocenters. The first-order valence-electron chi connectivity index (χ1n) is 8.75. The van der Waals surface area contributed by atoms with Gasteiger partial charge in [0.1, 0.15) is 5.82 Å². The van der Waals surface area contributed by atoms with Crippen LogP contribution >= 0.6 is 0 Å². The van der Waals surface area contributed by atoms with E-state index in [-0.39, 0.29) is 5.91 Å². The number of carbonyl (C=O) groups excluding carboxylic acids is 1. The minimum Gasteiger partial charge on any atom is -0.356 e. The van der Waals surface area contributed by atoms with Crippen molar-refractivity contribution in [2.24, 2.45) is 5.92 Å². The molecule has 1 aromatic carbocycles. The molecular formula is C19H25N5O. The van der Waals surface area contributed by atoms with Crippen LogP contribution in [0.25, 0.3) is 0 Å². The second kappa shape index (κ2) is 7.51. The molecule has 3 rings (SSSR count). The number of amides is 1. The molecule has 0 unspecified atom stereocenters. The summed E-state index contributed by atoms with van der Waals surface area (Å²) in [6.07, 6.45) is 2.41. The SMILES string of the molecule is CC(=O)Nc1ccc(Nc2nc(C)cc(N3CCC(C)CC3)n2)cc1. The van der Waals surface area contributed by atoms with E-state index in [2.05, 4.69) is 32.4 Å². The fraction of sp³-hybridized carbons (Fsp3) is 0.421. The standard InChI is InChI=1S/C19H25N5O/c1-13-8-10-24(11-9-13)18-12-14(2)20-19(23-18)22-17-6-4-16(5-7-17)21-15(3)25/h4-7,12-13H,8-11H2,1-3H3,(H,21,25)(H,20,22,23). The molecule has 0 bridgehead atoms. The molecule has 1 fully saturated rings. The molecule has 1 saturated heterocycles. The van der Waals surface area contributed by atoms with Gasteiger partial charge in [0.15, 0.2) is 0 Å². The van der Waals surface area contributed by atoms with E-state index >= 15 is 0 Å². The molecule has 132 valence electrons. The van der Waals surface area contributed by atoms with Crippen molar-refractivity contribution >= 4 is 29.0 Å². The first-order valence-corrected chi connectivity index (χ1v) is 8.75. The van der Waals surface area contributed by atoms with Gasteiger partial charge < -0.3 is 15.5 Å². The van der Waals surface area contributed by atoms with E-state index in [1.807, 2.05) is 37.3 Å². The summed E-state index contributed by atoms with van der Waals surface area (Å²) < 4.78 is 0. The molecule has 2 heterocycles. The average Bonchev–Trinajstić information content (AvgIpc) is 2.56. The number of nitrogens with one attached hydrogen (secondary N) is 2. The number of aryl methyl sites for hydroxylation is 1. The minimum atomic E-state index is -0.0804. The summed E-state index contributed by atoms with van der Waals surface area (Å²) in [5.74, 6) is 2.29. The summed E-state index contributed by atoms with van der Waals surface area (Å²) in [5.41, 5.74) is 2.60. The fourth-order valence-corrected chi connectivity index (χ4v) is 2.98. The van der Waals surface area contributed by atoms with Gasteiger partial charge >= 0.3 is 0 Å². The van der Waals surface area contributed by atoms with Crippen LogP contribution in [0.15, 0.2) is 30.3 Å². The van der Waals surface area contributed by atoms with Crippen molar-refractivity contribution in [3.8, 4) is 0 Å². The molecule has 0 saturated carbocycles. The lowest BCUT2D eigenvalue weighted by Gasteiger charge is -2.31. The van der Waals surface area contributed by atoms with Gasteiger partial charge in [0.25, 0.3) is 0 Å². The third-order valence-electron chi connectivity index (χ3n) is 4.41. The number of benzene rings is 1. The van der Waals surface area contributed by atoms with E-state index in [0.717, 1.165) is 41.9 Å². The highest BCUT2D eigenvalue weighted by Crippen LogP contribution is 2.24. The number of aromatic nitrogens is 2. The Morgan fingerprint density at radius 1 is 1.12 bits per heavy atom. The maximum Gasteiger partial charge on any atom is 0.229 e. The van der Waals surface area contributed by atoms with Gasteiger partial charge in [-0.3, -0.25) is 4.79 Å². The highest BCUT2D eigenvalue weighted by molar-refractivity contribution is 5.88. The van der Waals surface area contributed by atoms with Gasteiger partial charge in [-0.2, -0.15) is 4.98 Å². The van der Waals surface area contributed by atoms with Crippen LogP contribution in [-0.2, 0) is 4.79 Å². The van der Waals surface area contributed by atoms with Gasteiger partial charge in [0.2, 0.25) is 11.9 Å². The fourth-order valence-electron chi connectivity index (χ4n) is 2.98. The van der Waals surface area contributed by atoms with Crippen LogP contribution in [0.1, 0.15) is 32.4 Å². The summed E-state index contributed by atoms with van der Waals surface area (Å²) in [4.78, 5) is 22.6. The number of carbonyl (C=O) groups is 1. The molecule has 6 nitrogen and oxygen atoms in total. The molecule has 1 aromatic heterocycles. The number of hydrogen-bond acceptors (Lipinski definition) is 5. The Morgan fingerprint density at radius 3 is 2.40 bits per heavy atom. The molecule has 1 aliphatic heterocycles. The molecular weight excluding hydrogens is 314 g/mol. The first kappa shape index (κ1) is 17.2. The Bertz CT molecular complexity index is 736. The van der Waals surface area contributed by atoms with Crippen LogP contribution in [0.3, 0.4) is 0 Å². The zero-order valence-electron chi connectivity index (χ0n) is 15.0. The molecule has 0 aliphatic carbocycles. The van der Waals surface area contributed by atoms with Gasteiger partial charge in [-0.25, -0.2) is 4.98 Å². The third kappa shape index (κ3) is 4.68. The van der Waals surface area contributed by atoms with Gasteiger partial charge in [-0.15, -0.1) is 0 Å². The Labute approximate surface area is 148 Å². The van der Waals surface area contributed by atoms with E-state index in [1.54, 1.807) is 0 Å². The largest absolute Gasteiger partial charge is 0.356 e. The first-order chi connectivity index (χ1) is 12.0. The highest BCUT2D eigenvalue weighted by Gasteiger charge is 2.18. The monoisotopic (exact) mass is 339 g/mol. The lowest BCUT2D eigenvalue weighted by atomic mass is 9.99. The lowest BCUT2D eigenvalue weighted by Crippen LogP contribution is -2.33. The van der Waals surface area contributed by atoms with E-state index in [0.29, 0.717) is 5.95 Å². The van der Waals surface area contributed by atoms with Crippen LogP contribution in [0.5, 0.6) is 0 Å². The molecule has 25 heavy (non-hydrogen) atoms. The molecule has 0 spiro atoms. The smallest absolute Gasteiger partial charge is 0.229 e. The van der Waals surface area contributed by atoms with Gasteiger partial charge in [-0.05, 0) is 49.9 Å². The normalized spacial score (nSPS) is 15.1. The van der Waals surface area contributed by atoms with Gasteiger partial charge in [0.05, 0.1) is 0 Å². The van der Waals surface area contributed by atoms with Crippen molar-refractivity contribution in [3.63, 3.8) is 0 Å².